The van der Waals surface area contributed by atoms with E-state index < -0.39 is 0 Å². The van der Waals surface area contributed by atoms with Crippen LogP contribution in [0.25, 0.3) is 0 Å². The highest BCUT2D eigenvalue weighted by Crippen LogP contribution is 2.12. The SMILES string of the molecule is CN=C(NCCCn1nc(C)cc1C)NCc1ccc(OCCOC)cc1. The molecule has 0 aliphatic heterocycles. The Morgan fingerprint density at radius 3 is 2.56 bits per heavy atom. The molecule has 27 heavy (non-hydrogen) atoms. The minimum atomic E-state index is 0.558. The van der Waals surface area contributed by atoms with Gasteiger partial charge in [0.25, 0.3) is 0 Å². The van der Waals surface area contributed by atoms with Gasteiger partial charge in [0.2, 0.25) is 0 Å². The Morgan fingerprint density at radius 1 is 1.15 bits per heavy atom. The monoisotopic (exact) mass is 373 g/mol. The van der Waals surface area contributed by atoms with E-state index in [1.807, 2.05) is 35.9 Å². The van der Waals surface area contributed by atoms with E-state index in [1.165, 1.54) is 11.3 Å². The van der Waals surface area contributed by atoms with E-state index in [9.17, 15) is 0 Å². The average Bonchev–Trinajstić information content (AvgIpc) is 2.99. The quantitative estimate of drug-likeness (QED) is 0.380. The van der Waals surface area contributed by atoms with Crippen molar-refractivity contribution in [2.75, 3.05) is 33.9 Å². The van der Waals surface area contributed by atoms with Crippen LogP contribution in [0.15, 0.2) is 35.3 Å². The number of ether oxygens (including phenoxy) is 2. The lowest BCUT2D eigenvalue weighted by atomic mass is 10.2. The van der Waals surface area contributed by atoms with Crippen molar-refractivity contribution < 1.29 is 9.47 Å². The van der Waals surface area contributed by atoms with Gasteiger partial charge in [-0.05, 0) is 44.0 Å². The largest absolute Gasteiger partial charge is 0.491 e. The second kappa shape index (κ2) is 11.2. The summed E-state index contributed by atoms with van der Waals surface area (Å²) in [5.41, 5.74) is 3.43. The summed E-state index contributed by atoms with van der Waals surface area (Å²) < 4.78 is 12.6. The van der Waals surface area contributed by atoms with Gasteiger partial charge in [-0.25, -0.2) is 0 Å². The van der Waals surface area contributed by atoms with Crippen LogP contribution in [0.3, 0.4) is 0 Å². The first-order valence-electron chi connectivity index (χ1n) is 9.28. The van der Waals surface area contributed by atoms with E-state index in [1.54, 1.807) is 14.2 Å². The van der Waals surface area contributed by atoms with Crippen molar-refractivity contribution in [1.29, 1.82) is 0 Å². The van der Waals surface area contributed by atoms with E-state index in [2.05, 4.69) is 33.7 Å². The molecule has 0 fully saturated rings. The summed E-state index contributed by atoms with van der Waals surface area (Å²) in [6.45, 7) is 7.69. The molecule has 2 N–H and O–H groups in total. The molecule has 7 nitrogen and oxygen atoms in total. The first kappa shape index (κ1) is 20.8. The number of aliphatic imine (C=N–C) groups is 1. The summed E-state index contributed by atoms with van der Waals surface area (Å²) in [5, 5.41) is 11.1. The summed E-state index contributed by atoms with van der Waals surface area (Å²) in [6, 6.07) is 10.1. The minimum Gasteiger partial charge on any atom is -0.491 e. The van der Waals surface area contributed by atoms with Crippen LogP contribution < -0.4 is 15.4 Å². The normalized spacial score (nSPS) is 11.5. The van der Waals surface area contributed by atoms with E-state index in [4.69, 9.17) is 9.47 Å². The second-order valence-corrected chi connectivity index (χ2v) is 6.34. The lowest BCUT2D eigenvalue weighted by Gasteiger charge is -2.13. The predicted octanol–water partition coefficient (Wildman–Crippen LogP) is 2.28. The summed E-state index contributed by atoms with van der Waals surface area (Å²) in [7, 11) is 3.45. The van der Waals surface area contributed by atoms with Crippen molar-refractivity contribution >= 4 is 5.96 Å². The molecule has 7 heteroatoms. The van der Waals surface area contributed by atoms with Crippen molar-refractivity contribution in [2.24, 2.45) is 4.99 Å². The number of guanidine groups is 1. The number of methoxy groups -OCH3 is 1. The average molecular weight is 374 g/mol. The fourth-order valence-electron chi connectivity index (χ4n) is 2.69. The zero-order chi connectivity index (χ0) is 19.5. The van der Waals surface area contributed by atoms with Crippen LogP contribution >= 0.6 is 0 Å². The number of aromatic nitrogens is 2. The van der Waals surface area contributed by atoms with Crippen molar-refractivity contribution in [2.45, 2.75) is 33.4 Å². The molecule has 2 rings (SSSR count). The fraction of sp³-hybridized carbons (Fsp3) is 0.500. The topological polar surface area (TPSA) is 72.7 Å². The van der Waals surface area contributed by atoms with Crippen molar-refractivity contribution in [3.63, 3.8) is 0 Å². The third-order valence-electron chi connectivity index (χ3n) is 4.11. The zero-order valence-electron chi connectivity index (χ0n) is 16.8. The maximum Gasteiger partial charge on any atom is 0.191 e. The summed E-state index contributed by atoms with van der Waals surface area (Å²) in [4.78, 5) is 4.27. The van der Waals surface area contributed by atoms with Crippen LogP contribution in [0.5, 0.6) is 5.75 Å². The van der Waals surface area contributed by atoms with Crippen LogP contribution in [0.2, 0.25) is 0 Å². The number of nitrogens with zero attached hydrogens (tertiary/aromatic N) is 3. The van der Waals surface area contributed by atoms with Gasteiger partial charge in [-0.3, -0.25) is 9.67 Å². The molecule has 1 aromatic carbocycles. The fourth-order valence-corrected chi connectivity index (χ4v) is 2.69. The van der Waals surface area contributed by atoms with E-state index in [-0.39, 0.29) is 0 Å². The van der Waals surface area contributed by atoms with Gasteiger partial charge >= 0.3 is 0 Å². The molecule has 1 heterocycles. The number of benzene rings is 1. The smallest absolute Gasteiger partial charge is 0.191 e. The van der Waals surface area contributed by atoms with Crippen LogP contribution in [0.4, 0.5) is 0 Å². The summed E-state index contributed by atoms with van der Waals surface area (Å²) in [5.74, 6) is 1.64. The van der Waals surface area contributed by atoms with Gasteiger partial charge in [0.15, 0.2) is 5.96 Å². The molecule has 0 aliphatic rings. The van der Waals surface area contributed by atoms with Crippen LogP contribution in [-0.2, 0) is 17.8 Å². The Balaban J connectivity index is 1.68. The highest BCUT2D eigenvalue weighted by molar-refractivity contribution is 5.79. The van der Waals surface area contributed by atoms with Crippen LogP contribution in [0, 0.1) is 13.8 Å². The van der Waals surface area contributed by atoms with Crippen LogP contribution in [-0.4, -0.2) is 49.7 Å². The maximum absolute atomic E-state index is 5.57. The Kier molecular flexibility index (Phi) is 8.64. The van der Waals surface area contributed by atoms with Gasteiger partial charge in [0, 0.05) is 39.5 Å². The molecular formula is C20H31N5O2. The van der Waals surface area contributed by atoms with Gasteiger partial charge in [0.1, 0.15) is 12.4 Å². The molecule has 0 spiro atoms. The highest BCUT2D eigenvalue weighted by Gasteiger charge is 2.02. The Bertz CT molecular complexity index is 710. The van der Waals surface area contributed by atoms with Gasteiger partial charge < -0.3 is 20.1 Å². The third-order valence-corrected chi connectivity index (χ3v) is 4.11. The lowest BCUT2D eigenvalue weighted by Crippen LogP contribution is -2.37. The minimum absolute atomic E-state index is 0.558. The molecule has 2 aromatic rings. The first-order valence-corrected chi connectivity index (χ1v) is 9.28. The Hall–Kier alpha value is -2.54. The van der Waals surface area contributed by atoms with E-state index in [0.29, 0.717) is 19.8 Å². The lowest BCUT2D eigenvalue weighted by molar-refractivity contribution is 0.146. The van der Waals surface area contributed by atoms with Crippen molar-refractivity contribution in [3.05, 3.63) is 47.3 Å². The van der Waals surface area contributed by atoms with Gasteiger partial charge in [-0.1, -0.05) is 12.1 Å². The number of aryl methyl sites for hydroxylation is 3. The predicted molar refractivity (Wildman–Crippen MR) is 108 cm³/mol. The molecule has 0 unspecified atom stereocenters. The highest BCUT2D eigenvalue weighted by atomic mass is 16.5. The molecule has 0 aliphatic carbocycles. The van der Waals surface area contributed by atoms with Gasteiger partial charge in [-0.15, -0.1) is 0 Å². The molecule has 0 saturated heterocycles. The molecule has 148 valence electrons. The molecule has 0 amide bonds. The number of hydrogen-bond acceptors (Lipinski definition) is 4. The van der Waals surface area contributed by atoms with Gasteiger partial charge in [-0.2, -0.15) is 5.10 Å². The Labute approximate surface area is 161 Å². The Morgan fingerprint density at radius 2 is 1.93 bits per heavy atom. The third kappa shape index (κ3) is 7.30. The maximum atomic E-state index is 5.57. The molecule has 0 radical (unpaired) electrons. The van der Waals surface area contributed by atoms with Crippen molar-refractivity contribution in [1.82, 2.24) is 20.4 Å². The van der Waals surface area contributed by atoms with Crippen molar-refractivity contribution in [3.8, 4) is 5.75 Å². The summed E-state index contributed by atoms with van der Waals surface area (Å²) in [6.07, 6.45) is 0.982. The standard InChI is InChI=1S/C20H31N5O2/c1-16-14-17(2)25(24-16)11-5-10-22-20(21-3)23-15-18-6-8-19(9-7-18)27-13-12-26-4/h6-9,14H,5,10-13,15H2,1-4H3,(H2,21,22,23). The molecular weight excluding hydrogens is 342 g/mol. The second-order valence-electron chi connectivity index (χ2n) is 6.34. The molecule has 0 bridgehead atoms. The number of nitrogens with one attached hydrogen (secondary N) is 2. The molecule has 0 saturated carbocycles. The van der Waals surface area contributed by atoms with Gasteiger partial charge in [0.05, 0.1) is 12.3 Å². The van der Waals surface area contributed by atoms with Crippen LogP contribution in [0.1, 0.15) is 23.4 Å². The van der Waals surface area contributed by atoms with E-state index >= 15 is 0 Å². The number of rotatable bonds is 10. The van der Waals surface area contributed by atoms with E-state index in [0.717, 1.165) is 36.9 Å². The molecule has 0 atom stereocenters. The number of hydrogen-bond donors (Lipinski definition) is 2. The summed E-state index contributed by atoms with van der Waals surface area (Å²) >= 11 is 0. The zero-order valence-corrected chi connectivity index (χ0v) is 16.8. The molecule has 1 aromatic heterocycles. The first-order chi connectivity index (χ1) is 13.1.